The van der Waals surface area contributed by atoms with Gasteiger partial charge in [-0.2, -0.15) is 0 Å². The summed E-state index contributed by atoms with van der Waals surface area (Å²) in [6.07, 6.45) is 0.115. The minimum absolute atomic E-state index is 0.115. The van der Waals surface area contributed by atoms with Crippen molar-refractivity contribution in [3.05, 3.63) is 65.0 Å². The van der Waals surface area contributed by atoms with Crippen LogP contribution in [-0.4, -0.2) is 32.3 Å². The average molecular weight is 438 g/mol. The number of rotatable bonds is 8. The van der Waals surface area contributed by atoms with Crippen molar-refractivity contribution < 1.29 is 9.59 Å². The lowest BCUT2D eigenvalue weighted by atomic mass is 10.1. The highest BCUT2D eigenvalue weighted by atomic mass is 32.2. The van der Waals surface area contributed by atoms with Crippen molar-refractivity contribution in [1.82, 2.24) is 14.8 Å². The van der Waals surface area contributed by atoms with Gasteiger partial charge in [0.25, 0.3) is 0 Å². The number of anilines is 2. The lowest BCUT2D eigenvalue weighted by Gasteiger charge is -2.10. The molecule has 0 saturated carbocycles. The van der Waals surface area contributed by atoms with E-state index in [0.29, 0.717) is 17.5 Å². The number of amides is 2. The van der Waals surface area contributed by atoms with Gasteiger partial charge in [-0.3, -0.25) is 9.59 Å². The summed E-state index contributed by atoms with van der Waals surface area (Å²) in [6.45, 7) is 8.56. The Bertz CT molecular complexity index is 1080. The first-order chi connectivity index (χ1) is 14.9. The Kier molecular flexibility index (Phi) is 7.46. The van der Waals surface area contributed by atoms with Crippen LogP contribution in [0, 0.1) is 20.8 Å². The Labute approximate surface area is 186 Å². The van der Waals surface area contributed by atoms with Crippen LogP contribution in [0.4, 0.5) is 11.4 Å². The molecule has 3 aromatic rings. The molecule has 0 aliphatic carbocycles. The zero-order valence-corrected chi connectivity index (χ0v) is 19.0. The molecule has 0 radical (unpaired) electrons. The molecule has 2 N–H and O–H groups in total. The summed E-state index contributed by atoms with van der Waals surface area (Å²) in [7, 11) is 0. The van der Waals surface area contributed by atoms with Gasteiger partial charge < -0.3 is 15.2 Å². The monoisotopic (exact) mass is 437 g/mol. The van der Waals surface area contributed by atoms with Crippen LogP contribution in [0.3, 0.4) is 0 Å². The minimum atomic E-state index is -0.150. The molecule has 2 amide bonds. The second-order valence-electron chi connectivity index (χ2n) is 7.39. The van der Waals surface area contributed by atoms with E-state index < -0.39 is 0 Å². The van der Waals surface area contributed by atoms with Crippen LogP contribution in [-0.2, 0) is 22.6 Å². The SMILES string of the molecule is CCn1c(CC(=O)Nc2ccc(C)cc2C)nnc1SCC(=O)Nc1ccc(C)cc1. The van der Waals surface area contributed by atoms with E-state index in [0.717, 1.165) is 28.1 Å². The molecule has 8 heteroatoms. The fourth-order valence-corrected chi connectivity index (χ4v) is 3.95. The quantitative estimate of drug-likeness (QED) is 0.517. The predicted molar refractivity (Wildman–Crippen MR) is 124 cm³/mol. The van der Waals surface area contributed by atoms with E-state index in [1.807, 2.05) is 74.7 Å². The molecule has 162 valence electrons. The first kappa shape index (κ1) is 22.6. The number of hydrogen-bond donors (Lipinski definition) is 2. The third-order valence-corrected chi connectivity index (χ3v) is 5.72. The minimum Gasteiger partial charge on any atom is -0.325 e. The first-order valence-electron chi connectivity index (χ1n) is 10.1. The van der Waals surface area contributed by atoms with Crippen molar-refractivity contribution in [3.63, 3.8) is 0 Å². The molecular weight excluding hydrogens is 410 g/mol. The Morgan fingerprint density at radius 1 is 0.935 bits per heavy atom. The fraction of sp³-hybridized carbons (Fsp3) is 0.304. The van der Waals surface area contributed by atoms with Gasteiger partial charge in [0.15, 0.2) is 5.16 Å². The summed E-state index contributed by atoms with van der Waals surface area (Å²) in [5.74, 6) is 0.517. The van der Waals surface area contributed by atoms with Crippen molar-refractivity contribution in [2.45, 2.75) is 45.8 Å². The van der Waals surface area contributed by atoms with Crippen LogP contribution in [0.1, 0.15) is 29.4 Å². The number of nitrogens with one attached hydrogen (secondary N) is 2. The Balaban J connectivity index is 1.58. The van der Waals surface area contributed by atoms with Gasteiger partial charge in [-0.15, -0.1) is 10.2 Å². The van der Waals surface area contributed by atoms with Crippen molar-refractivity contribution in [3.8, 4) is 0 Å². The number of benzene rings is 2. The largest absolute Gasteiger partial charge is 0.325 e. The number of carbonyl (C=O) groups is 2. The van der Waals surface area contributed by atoms with Crippen LogP contribution in [0.25, 0.3) is 0 Å². The van der Waals surface area contributed by atoms with Gasteiger partial charge in [0.1, 0.15) is 5.82 Å². The van der Waals surface area contributed by atoms with Crippen LogP contribution in [0.15, 0.2) is 47.6 Å². The van der Waals surface area contributed by atoms with E-state index in [-0.39, 0.29) is 24.0 Å². The molecule has 0 aliphatic heterocycles. The van der Waals surface area contributed by atoms with E-state index in [1.165, 1.54) is 11.8 Å². The van der Waals surface area contributed by atoms with Gasteiger partial charge in [0.2, 0.25) is 11.8 Å². The zero-order chi connectivity index (χ0) is 22.4. The van der Waals surface area contributed by atoms with Crippen molar-refractivity contribution in [1.29, 1.82) is 0 Å². The molecule has 0 saturated heterocycles. The van der Waals surface area contributed by atoms with Gasteiger partial charge in [-0.1, -0.05) is 47.2 Å². The van der Waals surface area contributed by atoms with E-state index in [1.54, 1.807) is 0 Å². The Hall–Kier alpha value is -3.13. The number of aromatic nitrogens is 3. The average Bonchev–Trinajstić information content (AvgIpc) is 3.11. The summed E-state index contributed by atoms with van der Waals surface area (Å²) in [5, 5.41) is 14.8. The standard InChI is InChI=1S/C23H27N5O2S/c1-5-28-20(13-21(29)25-19-11-8-16(3)12-17(19)4)26-27-23(28)31-14-22(30)24-18-9-6-15(2)7-10-18/h6-12H,5,13-14H2,1-4H3,(H,24,30)(H,25,29). The lowest BCUT2D eigenvalue weighted by molar-refractivity contribution is -0.116. The number of hydrogen-bond acceptors (Lipinski definition) is 5. The topological polar surface area (TPSA) is 88.9 Å². The van der Waals surface area contributed by atoms with Gasteiger partial charge in [-0.25, -0.2) is 0 Å². The molecule has 1 aromatic heterocycles. The number of nitrogens with zero attached hydrogens (tertiary/aromatic N) is 3. The van der Waals surface area contributed by atoms with Crippen molar-refractivity contribution in [2.75, 3.05) is 16.4 Å². The van der Waals surface area contributed by atoms with Gasteiger partial charge >= 0.3 is 0 Å². The lowest BCUT2D eigenvalue weighted by Crippen LogP contribution is -2.18. The molecule has 0 atom stereocenters. The third kappa shape index (κ3) is 6.18. The fourth-order valence-electron chi connectivity index (χ4n) is 3.13. The van der Waals surface area contributed by atoms with E-state index in [2.05, 4.69) is 20.8 Å². The number of thioether (sulfide) groups is 1. The zero-order valence-electron chi connectivity index (χ0n) is 18.2. The highest BCUT2D eigenvalue weighted by Gasteiger charge is 2.16. The summed E-state index contributed by atoms with van der Waals surface area (Å²) >= 11 is 1.30. The van der Waals surface area contributed by atoms with Gasteiger partial charge in [-0.05, 0) is 51.5 Å². The molecule has 1 heterocycles. The van der Waals surface area contributed by atoms with Gasteiger partial charge in [0.05, 0.1) is 12.2 Å². The van der Waals surface area contributed by atoms with Crippen LogP contribution in [0.5, 0.6) is 0 Å². The number of carbonyl (C=O) groups excluding carboxylic acids is 2. The second kappa shape index (κ2) is 10.3. The Morgan fingerprint density at radius 2 is 1.65 bits per heavy atom. The summed E-state index contributed by atoms with van der Waals surface area (Å²) in [4.78, 5) is 24.8. The highest BCUT2D eigenvalue weighted by Crippen LogP contribution is 2.20. The highest BCUT2D eigenvalue weighted by molar-refractivity contribution is 7.99. The molecule has 7 nitrogen and oxygen atoms in total. The van der Waals surface area contributed by atoms with Crippen LogP contribution >= 0.6 is 11.8 Å². The van der Waals surface area contributed by atoms with E-state index in [9.17, 15) is 9.59 Å². The molecular formula is C23H27N5O2S. The van der Waals surface area contributed by atoms with Crippen LogP contribution < -0.4 is 10.6 Å². The number of aryl methyl sites for hydroxylation is 3. The summed E-state index contributed by atoms with van der Waals surface area (Å²) in [6, 6.07) is 13.5. The third-order valence-electron chi connectivity index (χ3n) is 4.75. The van der Waals surface area contributed by atoms with Crippen molar-refractivity contribution >= 4 is 35.0 Å². The molecule has 2 aromatic carbocycles. The first-order valence-corrected chi connectivity index (χ1v) is 11.1. The maximum Gasteiger partial charge on any atom is 0.234 e. The molecule has 3 rings (SSSR count). The van der Waals surface area contributed by atoms with Crippen molar-refractivity contribution in [2.24, 2.45) is 0 Å². The maximum atomic E-state index is 12.5. The molecule has 31 heavy (non-hydrogen) atoms. The molecule has 0 aliphatic rings. The smallest absolute Gasteiger partial charge is 0.234 e. The summed E-state index contributed by atoms with van der Waals surface area (Å²) in [5.41, 5.74) is 4.85. The Morgan fingerprint density at radius 3 is 2.32 bits per heavy atom. The predicted octanol–water partition coefficient (Wildman–Crippen LogP) is 4.14. The molecule has 0 unspecified atom stereocenters. The van der Waals surface area contributed by atoms with Gasteiger partial charge in [0, 0.05) is 17.9 Å². The molecule has 0 bridgehead atoms. The molecule has 0 spiro atoms. The molecule has 0 fully saturated rings. The van der Waals surface area contributed by atoms with E-state index in [4.69, 9.17) is 0 Å². The summed E-state index contributed by atoms with van der Waals surface area (Å²) < 4.78 is 1.87. The van der Waals surface area contributed by atoms with Crippen LogP contribution in [0.2, 0.25) is 0 Å². The van der Waals surface area contributed by atoms with E-state index >= 15 is 0 Å². The maximum absolute atomic E-state index is 12.5. The second-order valence-corrected chi connectivity index (χ2v) is 8.33. The normalized spacial score (nSPS) is 10.7.